The second-order valence-electron chi connectivity index (χ2n) is 5.84. The summed E-state index contributed by atoms with van der Waals surface area (Å²) in [6.45, 7) is 1.68. The molecule has 1 amide bonds. The van der Waals surface area contributed by atoms with Crippen LogP contribution in [0.4, 0.5) is 5.69 Å². The molecular weight excluding hydrogens is 421 g/mol. The number of ether oxygens (including phenoxy) is 1. The summed E-state index contributed by atoms with van der Waals surface area (Å²) < 4.78 is 7.13. The third-order valence-corrected chi connectivity index (χ3v) is 5.29. The van der Waals surface area contributed by atoms with E-state index >= 15 is 0 Å². The van der Waals surface area contributed by atoms with E-state index in [4.69, 9.17) is 27.9 Å². The molecule has 0 saturated heterocycles. The lowest BCUT2D eigenvalue weighted by atomic mass is 10.2. The maximum absolute atomic E-state index is 12.1. The third kappa shape index (κ3) is 3.94. The van der Waals surface area contributed by atoms with E-state index in [1.807, 2.05) is 19.1 Å². The van der Waals surface area contributed by atoms with Crippen molar-refractivity contribution in [2.45, 2.75) is 6.92 Å². The van der Waals surface area contributed by atoms with Crippen molar-refractivity contribution in [2.75, 3.05) is 11.9 Å². The quantitative estimate of drug-likeness (QED) is 0.501. The van der Waals surface area contributed by atoms with Crippen molar-refractivity contribution < 1.29 is 9.53 Å². The molecule has 0 radical (unpaired) electrons. The SMILES string of the molecule is Cc1nnc2sc(-c3ccc(NC(=O)COc4ccc(Cl)cc4Cl)cc3)nn12. The Labute approximate surface area is 173 Å². The molecule has 0 aliphatic carbocycles. The minimum atomic E-state index is -0.298. The minimum Gasteiger partial charge on any atom is -0.482 e. The molecule has 0 spiro atoms. The zero-order valence-electron chi connectivity index (χ0n) is 14.5. The van der Waals surface area contributed by atoms with Crippen LogP contribution in [0.5, 0.6) is 5.75 Å². The van der Waals surface area contributed by atoms with Crippen molar-refractivity contribution in [2.24, 2.45) is 0 Å². The third-order valence-electron chi connectivity index (χ3n) is 3.82. The molecule has 2 aromatic carbocycles. The monoisotopic (exact) mass is 433 g/mol. The highest BCUT2D eigenvalue weighted by atomic mass is 35.5. The molecule has 4 rings (SSSR count). The molecule has 28 heavy (non-hydrogen) atoms. The summed E-state index contributed by atoms with van der Waals surface area (Å²) in [6, 6.07) is 12.2. The Bertz CT molecular complexity index is 1160. The number of fused-ring (bicyclic) bond motifs is 1. The fourth-order valence-corrected chi connectivity index (χ4v) is 3.81. The van der Waals surface area contributed by atoms with Crippen molar-refractivity contribution in [1.29, 1.82) is 0 Å². The molecule has 7 nitrogen and oxygen atoms in total. The van der Waals surface area contributed by atoms with Crippen LogP contribution in [0, 0.1) is 6.92 Å². The number of halogens is 2. The molecule has 0 bridgehead atoms. The Morgan fingerprint density at radius 3 is 2.68 bits per heavy atom. The van der Waals surface area contributed by atoms with E-state index in [0.717, 1.165) is 21.4 Å². The van der Waals surface area contributed by atoms with E-state index in [1.165, 1.54) is 11.3 Å². The van der Waals surface area contributed by atoms with Gasteiger partial charge < -0.3 is 10.1 Å². The van der Waals surface area contributed by atoms with Gasteiger partial charge in [-0.1, -0.05) is 34.5 Å². The van der Waals surface area contributed by atoms with Crippen LogP contribution in [-0.4, -0.2) is 32.3 Å². The number of nitrogens with zero attached hydrogens (tertiary/aromatic N) is 4. The van der Waals surface area contributed by atoms with Gasteiger partial charge in [0.15, 0.2) is 12.4 Å². The molecule has 0 aliphatic heterocycles. The van der Waals surface area contributed by atoms with Crippen LogP contribution in [0.25, 0.3) is 15.5 Å². The predicted octanol–water partition coefficient (Wildman–Crippen LogP) is 4.49. The Hall–Kier alpha value is -2.68. The van der Waals surface area contributed by atoms with E-state index in [2.05, 4.69) is 20.6 Å². The lowest BCUT2D eigenvalue weighted by Gasteiger charge is -2.09. The molecule has 2 aromatic heterocycles. The van der Waals surface area contributed by atoms with Gasteiger partial charge in [0.05, 0.1) is 5.02 Å². The van der Waals surface area contributed by atoms with Gasteiger partial charge >= 0.3 is 0 Å². The fraction of sp³-hybridized carbons (Fsp3) is 0.111. The first-order chi connectivity index (χ1) is 13.5. The second kappa shape index (κ2) is 7.75. The molecule has 0 unspecified atom stereocenters. The Balaban J connectivity index is 1.39. The highest BCUT2D eigenvalue weighted by Crippen LogP contribution is 2.28. The van der Waals surface area contributed by atoms with Gasteiger partial charge in [-0.2, -0.15) is 9.61 Å². The average Bonchev–Trinajstić information content (AvgIpc) is 3.24. The Morgan fingerprint density at radius 1 is 1.18 bits per heavy atom. The van der Waals surface area contributed by atoms with Crippen LogP contribution in [0.3, 0.4) is 0 Å². The molecule has 0 fully saturated rings. The van der Waals surface area contributed by atoms with Gasteiger partial charge in [0, 0.05) is 16.3 Å². The second-order valence-corrected chi connectivity index (χ2v) is 7.64. The first-order valence-corrected chi connectivity index (χ1v) is 9.74. The number of rotatable bonds is 5. The Morgan fingerprint density at radius 2 is 1.96 bits per heavy atom. The highest BCUT2D eigenvalue weighted by Gasteiger charge is 2.11. The average molecular weight is 434 g/mol. The summed E-state index contributed by atoms with van der Waals surface area (Å²) in [4.78, 5) is 12.8. The van der Waals surface area contributed by atoms with Crippen molar-refractivity contribution >= 4 is 51.1 Å². The maximum atomic E-state index is 12.1. The molecule has 1 N–H and O–H groups in total. The molecule has 2 heterocycles. The number of nitrogens with one attached hydrogen (secondary N) is 1. The van der Waals surface area contributed by atoms with E-state index in [-0.39, 0.29) is 12.5 Å². The molecule has 0 saturated carbocycles. The topological polar surface area (TPSA) is 81.4 Å². The van der Waals surface area contributed by atoms with E-state index < -0.39 is 0 Å². The van der Waals surface area contributed by atoms with Crippen LogP contribution in [0.2, 0.25) is 10.0 Å². The van der Waals surface area contributed by atoms with Crippen LogP contribution < -0.4 is 10.1 Å². The molecule has 0 atom stereocenters. The lowest BCUT2D eigenvalue weighted by Crippen LogP contribution is -2.20. The van der Waals surface area contributed by atoms with Gasteiger partial charge in [0.1, 0.15) is 10.8 Å². The zero-order chi connectivity index (χ0) is 19.7. The molecule has 142 valence electrons. The van der Waals surface area contributed by atoms with E-state index in [9.17, 15) is 4.79 Å². The summed E-state index contributed by atoms with van der Waals surface area (Å²) in [5, 5.41) is 17.0. The van der Waals surface area contributed by atoms with Crippen LogP contribution >= 0.6 is 34.5 Å². The zero-order valence-corrected chi connectivity index (χ0v) is 16.8. The number of aryl methyl sites for hydroxylation is 1. The molecular formula is C18H13Cl2N5O2S. The van der Waals surface area contributed by atoms with Gasteiger partial charge in [0.25, 0.3) is 5.91 Å². The van der Waals surface area contributed by atoms with Gasteiger partial charge in [0.2, 0.25) is 4.96 Å². The number of benzene rings is 2. The number of carbonyl (C=O) groups is 1. The lowest BCUT2D eigenvalue weighted by molar-refractivity contribution is -0.118. The molecule has 10 heteroatoms. The summed E-state index contributed by atoms with van der Waals surface area (Å²) in [5.74, 6) is 0.838. The van der Waals surface area contributed by atoms with Crippen LogP contribution in [-0.2, 0) is 4.79 Å². The number of aromatic nitrogens is 4. The first kappa shape index (κ1) is 18.7. The van der Waals surface area contributed by atoms with Crippen LogP contribution in [0.15, 0.2) is 42.5 Å². The standard InChI is InChI=1S/C18H13Cl2N5O2S/c1-10-22-23-18-25(10)24-17(28-18)11-2-5-13(6-3-11)21-16(26)9-27-15-7-4-12(19)8-14(15)20/h2-8H,9H2,1H3,(H,21,26). The fourth-order valence-electron chi connectivity index (χ4n) is 2.46. The number of hydrogen-bond acceptors (Lipinski definition) is 6. The number of hydrogen-bond donors (Lipinski definition) is 1. The van der Waals surface area contributed by atoms with Gasteiger partial charge in [-0.3, -0.25) is 4.79 Å². The normalized spacial score (nSPS) is 11.0. The first-order valence-electron chi connectivity index (χ1n) is 8.16. The van der Waals surface area contributed by atoms with Gasteiger partial charge in [-0.05, 0) is 49.4 Å². The van der Waals surface area contributed by atoms with Gasteiger partial charge in [-0.25, -0.2) is 0 Å². The van der Waals surface area contributed by atoms with Crippen molar-refractivity contribution in [3.63, 3.8) is 0 Å². The number of anilines is 1. The summed E-state index contributed by atoms with van der Waals surface area (Å²) in [6.07, 6.45) is 0. The maximum Gasteiger partial charge on any atom is 0.262 e. The predicted molar refractivity (Wildman–Crippen MR) is 109 cm³/mol. The summed E-state index contributed by atoms with van der Waals surface area (Å²) in [5.41, 5.74) is 1.58. The Kier molecular flexibility index (Phi) is 5.17. The largest absolute Gasteiger partial charge is 0.482 e. The van der Waals surface area contributed by atoms with Crippen molar-refractivity contribution in [3.05, 3.63) is 58.3 Å². The summed E-state index contributed by atoms with van der Waals surface area (Å²) >= 11 is 13.3. The van der Waals surface area contributed by atoms with Crippen molar-refractivity contribution in [1.82, 2.24) is 19.8 Å². The number of carbonyl (C=O) groups excluding carboxylic acids is 1. The number of amides is 1. The molecule has 0 aliphatic rings. The smallest absolute Gasteiger partial charge is 0.262 e. The highest BCUT2D eigenvalue weighted by molar-refractivity contribution is 7.19. The van der Waals surface area contributed by atoms with E-state index in [1.54, 1.807) is 34.8 Å². The van der Waals surface area contributed by atoms with E-state index in [0.29, 0.717) is 21.5 Å². The van der Waals surface area contributed by atoms with Crippen LogP contribution in [0.1, 0.15) is 5.82 Å². The summed E-state index contributed by atoms with van der Waals surface area (Å²) in [7, 11) is 0. The molecule has 4 aromatic rings. The van der Waals surface area contributed by atoms with Crippen molar-refractivity contribution in [3.8, 4) is 16.3 Å². The van der Waals surface area contributed by atoms with Gasteiger partial charge in [-0.15, -0.1) is 10.2 Å². The minimum absolute atomic E-state index is 0.168.